The van der Waals surface area contributed by atoms with Gasteiger partial charge in [-0.25, -0.2) is 0 Å². The first-order valence-electron chi connectivity index (χ1n) is 5.28. The van der Waals surface area contributed by atoms with Crippen LogP contribution in [-0.4, -0.2) is 35.6 Å². The maximum atomic E-state index is 11.1. The summed E-state index contributed by atoms with van der Waals surface area (Å²) in [5, 5.41) is 9.86. The minimum atomic E-state index is -0.759. The van der Waals surface area contributed by atoms with Gasteiger partial charge in [0, 0.05) is 11.6 Å². The normalized spacial score (nSPS) is 21.2. The lowest BCUT2D eigenvalue weighted by molar-refractivity contribution is -0.142. The van der Waals surface area contributed by atoms with Crippen LogP contribution in [0, 0.1) is 0 Å². The molecule has 2 rings (SSSR count). The van der Waals surface area contributed by atoms with Gasteiger partial charge >= 0.3 is 5.97 Å². The van der Waals surface area contributed by atoms with Gasteiger partial charge in [-0.05, 0) is 43.1 Å². The van der Waals surface area contributed by atoms with E-state index in [2.05, 4.69) is 0 Å². The molecule has 1 atom stereocenters. The van der Waals surface area contributed by atoms with E-state index in [-0.39, 0.29) is 0 Å². The number of carboxylic acids is 1. The van der Waals surface area contributed by atoms with E-state index in [9.17, 15) is 4.79 Å². The first-order valence-corrected chi connectivity index (χ1v) is 5.66. The molecule has 86 valence electrons. The van der Waals surface area contributed by atoms with Gasteiger partial charge in [0.25, 0.3) is 0 Å². The van der Waals surface area contributed by atoms with E-state index < -0.39 is 12.0 Å². The van der Waals surface area contributed by atoms with Crippen molar-refractivity contribution < 1.29 is 9.90 Å². The molecule has 3 nitrogen and oxygen atoms in total. The predicted molar refractivity (Wildman–Crippen MR) is 62.9 cm³/mol. The van der Waals surface area contributed by atoms with Gasteiger partial charge in [0.05, 0.1) is 0 Å². The highest BCUT2D eigenvalue weighted by molar-refractivity contribution is 6.30. The van der Waals surface area contributed by atoms with E-state index in [1.54, 1.807) is 0 Å². The minimum Gasteiger partial charge on any atom is -0.480 e. The van der Waals surface area contributed by atoms with Crippen LogP contribution in [-0.2, 0) is 17.6 Å². The summed E-state index contributed by atoms with van der Waals surface area (Å²) in [6, 6.07) is 5.27. The van der Waals surface area contributed by atoms with Gasteiger partial charge in [-0.2, -0.15) is 0 Å². The third-order valence-corrected chi connectivity index (χ3v) is 3.37. The fraction of sp³-hybridized carbons (Fsp3) is 0.417. The number of benzene rings is 1. The molecule has 0 bridgehead atoms. The van der Waals surface area contributed by atoms with Crippen molar-refractivity contribution in [2.75, 3.05) is 13.6 Å². The molecule has 1 aromatic rings. The Labute approximate surface area is 99.6 Å². The predicted octanol–water partition coefficient (Wildman–Crippen LogP) is 1.82. The third-order valence-electron chi connectivity index (χ3n) is 3.13. The number of halogens is 1. The SMILES string of the molecule is CN1CCc2cc(Cl)ccc2CC1C(=O)O. The molecule has 1 aromatic carbocycles. The summed E-state index contributed by atoms with van der Waals surface area (Å²) in [5.74, 6) is -0.759. The Bertz CT molecular complexity index is 419. The number of nitrogens with zero attached hydrogens (tertiary/aromatic N) is 1. The first kappa shape index (κ1) is 11.4. The van der Waals surface area contributed by atoms with Crippen molar-refractivity contribution >= 4 is 17.6 Å². The van der Waals surface area contributed by atoms with Crippen molar-refractivity contribution in [1.82, 2.24) is 4.90 Å². The number of fused-ring (bicyclic) bond motifs is 1. The van der Waals surface area contributed by atoms with E-state index in [4.69, 9.17) is 16.7 Å². The average molecular weight is 240 g/mol. The van der Waals surface area contributed by atoms with E-state index in [0.717, 1.165) is 23.6 Å². The molecule has 1 N–H and O–H groups in total. The second-order valence-electron chi connectivity index (χ2n) is 4.20. The third kappa shape index (κ3) is 2.20. The van der Waals surface area contributed by atoms with E-state index >= 15 is 0 Å². The molecule has 0 fully saturated rings. The van der Waals surface area contributed by atoms with Crippen LogP contribution in [0.4, 0.5) is 0 Å². The van der Waals surface area contributed by atoms with Crippen molar-refractivity contribution in [2.45, 2.75) is 18.9 Å². The number of rotatable bonds is 1. The molecule has 1 aliphatic rings. The van der Waals surface area contributed by atoms with Crippen LogP contribution in [0.1, 0.15) is 11.1 Å². The zero-order valence-corrected chi connectivity index (χ0v) is 9.87. The number of aliphatic carboxylic acids is 1. The zero-order valence-electron chi connectivity index (χ0n) is 9.11. The quantitative estimate of drug-likeness (QED) is 0.813. The van der Waals surface area contributed by atoms with Crippen molar-refractivity contribution in [1.29, 1.82) is 0 Å². The molecule has 1 unspecified atom stereocenters. The second kappa shape index (κ2) is 4.44. The summed E-state index contributed by atoms with van der Waals surface area (Å²) in [4.78, 5) is 13.0. The maximum Gasteiger partial charge on any atom is 0.321 e. The minimum absolute atomic E-state index is 0.428. The van der Waals surface area contributed by atoms with Crippen LogP contribution >= 0.6 is 11.6 Å². The Balaban J connectivity index is 2.34. The summed E-state index contributed by atoms with van der Waals surface area (Å²) in [6.07, 6.45) is 1.41. The first-order chi connectivity index (χ1) is 7.58. The fourth-order valence-electron chi connectivity index (χ4n) is 2.12. The van der Waals surface area contributed by atoms with Gasteiger partial charge in [0.1, 0.15) is 6.04 Å². The van der Waals surface area contributed by atoms with Gasteiger partial charge in [-0.3, -0.25) is 9.69 Å². The van der Waals surface area contributed by atoms with Gasteiger partial charge in [-0.15, -0.1) is 0 Å². The van der Waals surface area contributed by atoms with Gasteiger partial charge < -0.3 is 5.11 Å². The largest absolute Gasteiger partial charge is 0.480 e. The van der Waals surface area contributed by atoms with Crippen molar-refractivity contribution in [3.63, 3.8) is 0 Å². The average Bonchev–Trinajstić information content (AvgIpc) is 2.38. The lowest BCUT2D eigenvalue weighted by Gasteiger charge is -2.21. The molecule has 0 saturated carbocycles. The molecular weight excluding hydrogens is 226 g/mol. The number of hydrogen-bond acceptors (Lipinski definition) is 2. The van der Waals surface area contributed by atoms with Crippen LogP contribution in [0.15, 0.2) is 18.2 Å². The van der Waals surface area contributed by atoms with Crippen molar-refractivity contribution in [3.05, 3.63) is 34.3 Å². The van der Waals surface area contributed by atoms with Crippen molar-refractivity contribution in [3.8, 4) is 0 Å². The highest BCUT2D eigenvalue weighted by Crippen LogP contribution is 2.22. The molecule has 1 aliphatic heterocycles. The molecule has 4 heteroatoms. The van der Waals surface area contributed by atoms with Gasteiger partial charge in [0.15, 0.2) is 0 Å². The molecule has 0 amide bonds. The molecule has 0 aromatic heterocycles. The van der Waals surface area contributed by atoms with Gasteiger partial charge in [0.2, 0.25) is 0 Å². The molecule has 1 heterocycles. The number of carbonyl (C=O) groups is 1. The topological polar surface area (TPSA) is 40.5 Å². The lowest BCUT2D eigenvalue weighted by atomic mass is 10.0. The summed E-state index contributed by atoms with van der Waals surface area (Å²) >= 11 is 5.94. The van der Waals surface area contributed by atoms with Crippen LogP contribution in [0.5, 0.6) is 0 Å². The smallest absolute Gasteiger partial charge is 0.321 e. The molecule has 0 spiro atoms. The second-order valence-corrected chi connectivity index (χ2v) is 4.64. The lowest BCUT2D eigenvalue weighted by Crippen LogP contribution is -2.39. The number of likely N-dealkylation sites (N-methyl/N-ethyl adjacent to an activating group) is 1. The Hall–Kier alpha value is -1.06. The van der Waals surface area contributed by atoms with Crippen LogP contribution in [0.3, 0.4) is 0 Å². The van der Waals surface area contributed by atoms with Crippen LogP contribution in [0.2, 0.25) is 5.02 Å². The Kier molecular flexibility index (Phi) is 3.17. The molecule has 16 heavy (non-hydrogen) atoms. The van der Waals surface area contributed by atoms with E-state index in [0.29, 0.717) is 6.42 Å². The summed E-state index contributed by atoms with van der Waals surface area (Å²) in [5.41, 5.74) is 2.27. The van der Waals surface area contributed by atoms with Crippen LogP contribution in [0.25, 0.3) is 0 Å². The van der Waals surface area contributed by atoms with Gasteiger partial charge in [-0.1, -0.05) is 17.7 Å². The number of hydrogen-bond donors (Lipinski definition) is 1. The molecule has 0 radical (unpaired) electrons. The molecule has 0 saturated heterocycles. The Morgan fingerprint density at radius 3 is 2.94 bits per heavy atom. The summed E-state index contributed by atoms with van der Waals surface area (Å²) in [7, 11) is 1.85. The standard InChI is InChI=1S/C12H14ClNO2/c1-14-5-4-9-6-10(13)3-2-8(9)7-11(14)12(15)16/h2-3,6,11H,4-5,7H2,1H3,(H,15,16). The summed E-state index contributed by atoms with van der Waals surface area (Å²) in [6.45, 7) is 0.754. The fourth-order valence-corrected chi connectivity index (χ4v) is 2.31. The Morgan fingerprint density at radius 2 is 2.25 bits per heavy atom. The highest BCUT2D eigenvalue weighted by Gasteiger charge is 2.26. The number of carboxylic acid groups (broad SMARTS) is 1. The Morgan fingerprint density at radius 1 is 1.50 bits per heavy atom. The monoisotopic (exact) mass is 239 g/mol. The summed E-state index contributed by atoms with van der Waals surface area (Å²) < 4.78 is 0. The zero-order chi connectivity index (χ0) is 11.7. The van der Waals surface area contributed by atoms with E-state index in [1.807, 2.05) is 30.1 Å². The molecular formula is C12H14ClNO2. The van der Waals surface area contributed by atoms with E-state index in [1.165, 1.54) is 5.56 Å². The highest BCUT2D eigenvalue weighted by atomic mass is 35.5. The van der Waals surface area contributed by atoms with Crippen molar-refractivity contribution in [2.24, 2.45) is 0 Å². The van der Waals surface area contributed by atoms with Crippen LogP contribution < -0.4 is 0 Å². The maximum absolute atomic E-state index is 11.1. The molecule has 0 aliphatic carbocycles.